The van der Waals surface area contributed by atoms with Crippen LogP contribution >= 0.6 is 22.6 Å². The number of hydrogen-bond donors (Lipinski definition) is 0. The average molecular weight is 603 g/mol. The minimum Gasteiger partial charge on any atom is -0.299 e. The molecule has 4 aliphatic carbocycles. The molecule has 36 heavy (non-hydrogen) atoms. The van der Waals surface area contributed by atoms with Crippen LogP contribution in [0.15, 0.2) is 24.3 Å². The number of benzene rings is 1. The van der Waals surface area contributed by atoms with Gasteiger partial charge in [-0.05, 0) is 144 Å². The van der Waals surface area contributed by atoms with Gasteiger partial charge in [-0.25, -0.2) is 0 Å². The molecular weight excluding hydrogens is 551 g/mol. The highest BCUT2D eigenvalue weighted by molar-refractivity contribution is 14.1. The van der Waals surface area contributed by atoms with Gasteiger partial charge in [0.2, 0.25) is 0 Å². The number of fused-ring (bicyclic) bond motifs is 5. The number of Topliss-reactive ketones (excluding diaryl/α,β-unsaturated/α-hetero) is 1. The molecule has 0 saturated heterocycles. The molecule has 0 aliphatic heterocycles. The third-order valence-corrected chi connectivity index (χ3v) is 13.0. The Kier molecular flexibility index (Phi) is 8.04. The lowest BCUT2D eigenvalue weighted by Gasteiger charge is -2.62. The molecular formula is C34H51IO. The molecule has 0 radical (unpaired) electrons. The van der Waals surface area contributed by atoms with Crippen LogP contribution in [-0.2, 0) is 11.2 Å². The lowest BCUT2D eigenvalue weighted by molar-refractivity contribution is -0.152. The first-order valence-electron chi connectivity index (χ1n) is 15.4. The molecule has 1 aromatic carbocycles. The van der Waals surface area contributed by atoms with E-state index >= 15 is 0 Å². The molecule has 4 saturated carbocycles. The molecule has 0 heterocycles. The second-order valence-electron chi connectivity index (χ2n) is 14.5. The van der Waals surface area contributed by atoms with Crippen molar-refractivity contribution in [1.82, 2.24) is 0 Å². The van der Waals surface area contributed by atoms with Crippen molar-refractivity contribution < 1.29 is 4.79 Å². The predicted molar refractivity (Wildman–Crippen MR) is 160 cm³/mol. The fraction of sp³-hybridized carbons (Fsp3) is 0.794. The number of halogens is 1. The summed E-state index contributed by atoms with van der Waals surface area (Å²) in [6.45, 7) is 12.7. The van der Waals surface area contributed by atoms with Gasteiger partial charge in [-0.1, -0.05) is 66.0 Å². The maximum atomic E-state index is 13.3. The van der Waals surface area contributed by atoms with Gasteiger partial charge >= 0.3 is 0 Å². The van der Waals surface area contributed by atoms with Crippen molar-refractivity contribution in [3.8, 4) is 0 Å². The molecule has 5 rings (SSSR count). The largest absolute Gasteiger partial charge is 0.299 e. The van der Waals surface area contributed by atoms with Gasteiger partial charge in [-0.15, -0.1) is 0 Å². The standard InChI is InChI=1S/C34H51IO/c1-22(2)7-6-8-23(3)28-15-16-29-26-13-14-30-27(21-24-9-11-25(35)12-10-24)32(36)18-20-34(30,5)31(26)17-19-33(28,29)4/h9-12,22-23,26-31H,6-8,13-21H2,1-5H3/t23-,26+,27+,28-,29+,30+,31+,33-,34+/m1/s1. The SMILES string of the molecule is CC(C)CCC[C@@H](C)[C@H]1CC[C@H]2[C@@H]3CC[C@H]4[C@H](Cc5ccc(I)cc5)C(=O)CC[C@]4(C)[C@H]3CC[C@]12C. The molecule has 0 N–H and O–H groups in total. The summed E-state index contributed by atoms with van der Waals surface area (Å²) in [5.74, 6) is 6.74. The highest BCUT2D eigenvalue weighted by Gasteiger charge is 2.61. The second kappa shape index (κ2) is 10.6. The average Bonchev–Trinajstić information content (AvgIpc) is 3.19. The molecule has 0 aromatic heterocycles. The first-order valence-corrected chi connectivity index (χ1v) is 16.5. The minimum absolute atomic E-state index is 0.246. The van der Waals surface area contributed by atoms with Crippen molar-refractivity contribution in [3.63, 3.8) is 0 Å². The van der Waals surface area contributed by atoms with Crippen LogP contribution in [0.1, 0.15) is 111 Å². The van der Waals surface area contributed by atoms with Crippen LogP contribution in [0.4, 0.5) is 0 Å². The van der Waals surface area contributed by atoms with Gasteiger partial charge in [0, 0.05) is 15.9 Å². The Labute approximate surface area is 235 Å². The van der Waals surface area contributed by atoms with Crippen LogP contribution in [0.2, 0.25) is 0 Å². The summed E-state index contributed by atoms with van der Waals surface area (Å²) in [4.78, 5) is 13.3. The van der Waals surface area contributed by atoms with E-state index in [9.17, 15) is 4.79 Å². The maximum Gasteiger partial charge on any atom is 0.136 e. The molecule has 0 bridgehead atoms. The summed E-state index contributed by atoms with van der Waals surface area (Å²) in [5, 5.41) is 0. The molecule has 9 atom stereocenters. The Morgan fingerprint density at radius 3 is 2.28 bits per heavy atom. The van der Waals surface area contributed by atoms with E-state index < -0.39 is 0 Å². The van der Waals surface area contributed by atoms with E-state index in [0.29, 0.717) is 22.5 Å². The van der Waals surface area contributed by atoms with Crippen LogP contribution in [0, 0.1) is 61.7 Å². The van der Waals surface area contributed by atoms with E-state index in [1.807, 2.05) is 0 Å². The first-order chi connectivity index (χ1) is 17.1. The van der Waals surface area contributed by atoms with Crippen molar-refractivity contribution in [2.24, 2.45) is 58.2 Å². The molecule has 0 amide bonds. The molecule has 200 valence electrons. The van der Waals surface area contributed by atoms with Gasteiger partial charge < -0.3 is 0 Å². The monoisotopic (exact) mass is 602 g/mol. The lowest BCUT2D eigenvalue weighted by Crippen LogP contribution is -2.56. The summed E-state index contributed by atoms with van der Waals surface area (Å²) >= 11 is 2.38. The summed E-state index contributed by atoms with van der Waals surface area (Å²) in [6.07, 6.45) is 15.7. The molecule has 1 nitrogen and oxygen atoms in total. The Bertz CT molecular complexity index is 920. The molecule has 2 heteroatoms. The fourth-order valence-electron chi connectivity index (χ4n) is 10.5. The van der Waals surface area contributed by atoms with E-state index in [4.69, 9.17) is 0 Å². The van der Waals surface area contributed by atoms with Crippen LogP contribution in [0.3, 0.4) is 0 Å². The van der Waals surface area contributed by atoms with Crippen molar-refractivity contribution in [1.29, 1.82) is 0 Å². The van der Waals surface area contributed by atoms with Crippen LogP contribution < -0.4 is 0 Å². The third kappa shape index (κ3) is 4.88. The predicted octanol–water partition coefficient (Wildman–Crippen LogP) is 9.75. The van der Waals surface area contributed by atoms with Gasteiger partial charge in [-0.3, -0.25) is 4.79 Å². The van der Waals surface area contributed by atoms with Gasteiger partial charge in [-0.2, -0.15) is 0 Å². The zero-order chi connectivity index (χ0) is 25.7. The van der Waals surface area contributed by atoms with Crippen molar-refractivity contribution >= 4 is 28.4 Å². The normalized spacial score (nSPS) is 41.0. The summed E-state index contributed by atoms with van der Waals surface area (Å²) < 4.78 is 1.28. The van der Waals surface area contributed by atoms with E-state index in [1.165, 1.54) is 66.9 Å². The molecule has 4 aliphatic rings. The number of carbonyl (C=O) groups excluding carboxylic acids is 1. The molecule has 0 unspecified atom stereocenters. The van der Waals surface area contributed by atoms with Gasteiger partial charge in [0.15, 0.2) is 0 Å². The second-order valence-corrected chi connectivity index (χ2v) is 15.7. The van der Waals surface area contributed by atoms with Gasteiger partial charge in [0.25, 0.3) is 0 Å². The number of hydrogen-bond acceptors (Lipinski definition) is 1. The number of ketones is 1. The van der Waals surface area contributed by atoms with Crippen LogP contribution in [0.25, 0.3) is 0 Å². The van der Waals surface area contributed by atoms with E-state index in [2.05, 4.69) is 81.5 Å². The Morgan fingerprint density at radius 1 is 0.861 bits per heavy atom. The van der Waals surface area contributed by atoms with Gasteiger partial charge in [0.05, 0.1) is 0 Å². The van der Waals surface area contributed by atoms with Gasteiger partial charge in [0.1, 0.15) is 5.78 Å². The fourth-order valence-corrected chi connectivity index (χ4v) is 10.8. The Hall–Kier alpha value is -0.380. The maximum absolute atomic E-state index is 13.3. The van der Waals surface area contributed by atoms with E-state index in [0.717, 1.165) is 54.8 Å². The zero-order valence-electron chi connectivity index (χ0n) is 23.7. The summed E-state index contributed by atoms with van der Waals surface area (Å²) in [5.41, 5.74) is 2.29. The first kappa shape index (κ1) is 27.2. The minimum atomic E-state index is 0.246. The summed E-state index contributed by atoms with van der Waals surface area (Å²) in [7, 11) is 0. The summed E-state index contributed by atoms with van der Waals surface area (Å²) in [6, 6.07) is 8.95. The topological polar surface area (TPSA) is 17.1 Å². The molecule has 4 fully saturated rings. The number of rotatable bonds is 7. The van der Waals surface area contributed by atoms with Crippen molar-refractivity contribution in [2.75, 3.05) is 0 Å². The Balaban J connectivity index is 1.31. The van der Waals surface area contributed by atoms with Crippen molar-refractivity contribution in [3.05, 3.63) is 33.4 Å². The smallest absolute Gasteiger partial charge is 0.136 e. The Morgan fingerprint density at radius 2 is 1.56 bits per heavy atom. The van der Waals surface area contributed by atoms with Crippen molar-refractivity contribution in [2.45, 2.75) is 112 Å². The number of carbonyl (C=O) groups is 1. The zero-order valence-corrected chi connectivity index (χ0v) is 25.9. The van der Waals surface area contributed by atoms with Crippen LogP contribution in [0.5, 0.6) is 0 Å². The highest BCUT2D eigenvalue weighted by atomic mass is 127. The van der Waals surface area contributed by atoms with E-state index in [-0.39, 0.29) is 5.92 Å². The molecule has 0 spiro atoms. The quantitative estimate of drug-likeness (QED) is 0.284. The molecule has 1 aromatic rings. The lowest BCUT2D eigenvalue weighted by atomic mass is 9.43. The van der Waals surface area contributed by atoms with Crippen LogP contribution in [-0.4, -0.2) is 5.78 Å². The van der Waals surface area contributed by atoms with E-state index in [1.54, 1.807) is 0 Å². The third-order valence-electron chi connectivity index (χ3n) is 12.3. The highest BCUT2D eigenvalue weighted by Crippen LogP contribution is 2.68.